The Morgan fingerprint density at radius 3 is 2.39 bits per heavy atom. The van der Waals surface area contributed by atoms with Crippen molar-refractivity contribution in [1.82, 2.24) is 10.2 Å². The lowest BCUT2D eigenvalue weighted by Gasteiger charge is -2.30. The normalized spacial score (nSPS) is 13.1. The second-order valence-corrected chi connectivity index (χ2v) is 9.40. The van der Waals surface area contributed by atoms with Crippen molar-refractivity contribution in [2.45, 2.75) is 72.0 Å². The molecule has 6 nitrogen and oxygen atoms in total. The van der Waals surface area contributed by atoms with Crippen LogP contribution in [0.2, 0.25) is 0 Å². The quantitative estimate of drug-likeness (QED) is 0.565. The molecule has 2 rings (SSSR count). The van der Waals surface area contributed by atoms with Gasteiger partial charge in [-0.25, -0.2) is 0 Å². The highest BCUT2D eigenvalue weighted by Gasteiger charge is 2.28. The molecule has 0 unspecified atom stereocenters. The number of carbonyl (C=O) groups is 2. The molecule has 0 radical (unpaired) electrons. The van der Waals surface area contributed by atoms with Crippen molar-refractivity contribution in [2.75, 3.05) is 13.7 Å². The maximum atomic E-state index is 13.3. The number of nitrogens with zero attached hydrogens (tertiary/aromatic N) is 1. The fourth-order valence-corrected chi connectivity index (χ4v) is 3.45. The van der Waals surface area contributed by atoms with Crippen molar-refractivity contribution in [2.24, 2.45) is 0 Å². The number of hydrogen-bond donors (Lipinski definition) is 1. The molecule has 0 aliphatic carbocycles. The third kappa shape index (κ3) is 7.52. The minimum Gasteiger partial charge on any atom is -0.497 e. The molecular formula is C27H38N2O4. The Morgan fingerprint density at radius 2 is 1.76 bits per heavy atom. The molecule has 1 N–H and O–H groups in total. The van der Waals surface area contributed by atoms with E-state index in [-0.39, 0.29) is 36.4 Å². The summed E-state index contributed by atoms with van der Waals surface area (Å²) in [6, 6.07) is 14.6. The summed E-state index contributed by atoms with van der Waals surface area (Å²) < 4.78 is 11.3. The number of methoxy groups -OCH3 is 1. The van der Waals surface area contributed by atoms with Crippen molar-refractivity contribution in [1.29, 1.82) is 0 Å². The molecule has 2 aromatic rings. The molecule has 2 amide bonds. The SMILES string of the molecule is CC[C@@H](C)NC(=O)[C@@H](C)N(Cc1cccc(OC)c1)C(=O)COc1ccccc1C(C)(C)C. The monoisotopic (exact) mass is 454 g/mol. The molecule has 0 aliphatic rings. The van der Waals surface area contributed by atoms with Crippen LogP contribution >= 0.6 is 0 Å². The zero-order valence-corrected chi connectivity index (χ0v) is 21.0. The second kappa shape index (κ2) is 11.7. The maximum absolute atomic E-state index is 13.3. The van der Waals surface area contributed by atoms with Crippen molar-refractivity contribution < 1.29 is 19.1 Å². The Bertz CT molecular complexity index is 936. The number of nitrogens with one attached hydrogen (secondary N) is 1. The number of carbonyl (C=O) groups excluding carboxylic acids is 2. The van der Waals surface area contributed by atoms with Gasteiger partial charge >= 0.3 is 0 Å². The van der Waals surface area contributed by atoms with Gasteiger partial charge in [-0.1, -0.05) is 58.0 Å². The van der Waals surface area contributed by atoms with Crippen molar-refractivity contribution >= 4 is 11.8 Å². The van der Waals surface area contributed by atoms with Crippen LogP contribution in [0.4, 0.5) is 0 Å². The van der Waals surface area contributed by atoms with Gasteiger partial charge in [0.25, 0.3) is 5.91 Å². The second-order valence-electron chi connectivity index (χ2n) is 9.40. The van der Waals surface area contributed by atoms with E-state index in [0.717, 1.165) is 17.5 Å². The molecule has 0 bridgehead atoms. The van der Waals surface area contributed by atoms with Gasteiger partial charge in [-0.05, 0) is 55.0 Å². The van der Waals surface area contributed by atoms with Gasteiger partial charge in [0.1, 0.15) is 17.5 Å². The number of para-hydroxylation sites is 1. The van der Waals surface area contributed by atoms with Gasteiger partial charge in [0.2, 0.25) is 5.91 Å². The van der Waals surface area contributed by atoms with E-state index in [1.54, 1.807) is 18.9 Å². The van der Waals surface area contributed by atoms with Crippen molar-refractivity contribution in [3.63, 3.8) is 0 Å². The standard InChI is InChI=1S/C27H38N2O4/c1-8-19(2)28-26(31)20(3)29(17-21-12-11-13-22(16-21)32-7)25(30)18-33-24-15-10-9-14-23(24)27(4,5)6/h9-16,19-20H,8,17-18H2,1-7H3,(H,28,31)/t19-,20-/m1/s1. The summed E-state index contributed by atoms with van der Waals surface area (Å²) in [5, 5.41) is 2.98. The molecule has 0 saturated carbocycles. The summed E-state index contributed by atoms with van der Waals surface area (Å²) in [6.45, 7) is 12.1. The Kier molecular flexibility index (Phi) is 9.32. The maximum Gasteiger partial charge on any atom is 0.261 e. The van der Waals surface area contributed by atoms with E-state index in [0.29, 0.717) is 11.5 Å². The highest BCUT2D eigenvalue weighted by molar-refractivity contribution is 5.88. The smallest absolute Gasteiger partial charge is 0.261 e. The zero-order valence-electron chi connectivity index (χ0n) is 21.0. The molecule has 0 aliphatic heterocycles. The van der Waals surface area contributed by atoms with Crippen LogP contribution in [0.1, 0.15) is 59.1 Å². The van der Waals surface area contributed by atoms with Gasteiger partial charge in [0, 0.05) is 12.6 Å². The molecule has 2 aromatic carbocycles. The van der Waals surface area contributed by atoms with E-state index >= 15 is 0 Å². The van der Waals surface area contributed by atoms with E-state index in [1.165, 1.54) is 0 Å². The molecule has 6 heteroatoms. The summed E-state index contributed by atoms with van der Waals surface area (Å²) in [7, 11) is 1.60. The third-order valence-corrected chi connectivity index (χ3v) is 5.70. The van der Waals surface area contributed by atoms with Gasteiger partial charge in [-0.15, -0.1) is 0 Å². The molecular weight excluding hydrogens is 416 g/mol. The number of amides is 2. The average Bonchev–Trinajstić information content (AvgIpc) is 2.80. The molecule has 0 spiro atoms. The largest absolute Gasteiger partial charge is 0.497 e. The van der Waals surface area contributed by atoms with Gasteiger partial charge in [0.05, 0.1) is 7.11 Å². The van der Waals surface area contributed by atoms with Crippen LogP contribution in [0.3, 0.4) is 0 Å². The first kappa shape index (κ1) is 26.2. The number of hydrogen-bond acceptors (Lipinski definition) is 4. The first-order valence-electron chi connectivity index (χ1n) is 11.5. The molecule has 33 heavy (non-hydrogen) atoms. The van der Waals surface area contributed by atoms with E-state index in [9.17, 15) is 9.59 Å². The van der Waals surface area contributed by atoms with Crippen LogP contribution in [0.25, 0.3) is 0 Å². The molecule has 0 fully saturated rings. The number of ether oxygens (including phenoxy) is 2. The lowest BCUT2D eigenvalue weighted by atomic mass is 9.86. The van der Waals surface area contributed by atoms with Crippen LogP contribution in [0.5, 0.6) is 11.5 Å². The summed E-state index contributed by atoms with van der Waals surface area (Å²) in [5.41, 5.74) is 1.78. The molecule has 0 aromatic heterocycles. The highest BCUT2D eigenvalue weighted by Crippen LogP contribution is 2.31. The summed E-state index contributed by atoms with van der Waals surface area (Å²) in [4.78, 5) is 27.7. The van der Waals surface area contributed by atoms with Crippen molar-refractivity contribution in [3.05, 3.63) is 59.7 Å². The van der Waals surface area contributed by atoms with Crippen LogP contribution in [0.15, 0.2) is 48.5 Å². The molecule has 0 saturated heterocycles. The highest BCUT2D eigenvalue weighted by atomic mass is 16.5. The zero-order chi connectivity index (χ0) is 24.6. The van der Waals surface area contributed by atoms with Gasteiger partial charge in [-0.3, -0.25) is 9.59 Å². The van der Waals surface area contributed by atoms with Gasteiger partial charge in [0.15, 0.2) is 6.61 Å². The number of benzene rings is 2. The first-order valence-corrected chi connectivity index (χ1v) is 11.5. The summed E-state index contributed by atoms with van der Waals surface area (Å²) >= 11 is 0. The van der Waals surface area contributed by atoms with Crippen LogP contribution in [0, 0.1) is 0 Å². The van der Waals surface area contributed by atoms with Crippen molar-refractivity contribution in [3.8, 4) is 11.5 Å². The molecule has 2 atom stereocenters. The van der Waals surface area contributed by atoms with E-state index in [2.05, 4.69) is 26.1 Å². The predicted molar refractivity (Wildman–Crippen MR) is 132 cm³/mol. The van der Waals surface area contributed by atoms with Gasteiger partial charge < -0.3 is 19.7 Å². The Hall–Kier alpha value is -3.02. The third-order valence-electron chi connectivity index (χ3n) is 5.70. The fourth-order valence-electron chi connectivity index (χ4n) is 3.45. The lowest BCUT2D eigenvalue weighted by Crippen LogP contribution is -2.50. The van der Waals surface area contributed by atoms with E-state index < -0.39 is 6.04 Å². The lowest BCUT2D eigenvalue weighted by molar-refractivity contribution is -0.142. The fraction of sp³-hybridized carbons (Fsp3) is 0.481. The Balaban J connectivity index is 2.25. The summed E-state index contributed by atoms with van der Waals surface area (Å²) in [6.07, 6.45) is 0.814. The molecule has 180 valence electrons. The topological polar surface area (TPSA) is 67.9 Å². The Labute approximate surface area is 198 Å². The van der Waals surface area contributed by atoms with E-state index in [4.69, 9.17) is 9.47 Å². The summed E-state index contributed by atoms with van der Waals surface area (Å²) in [5.74, 6) is 0.937. The average molecular weight is 455 g/mol. The van der Waals surface area contributed by atoms with Crippen LogP contribution in [-0.2, 0) is 21.5 Å². The van der Waals surface area contributed by atoms with Gasteiger partial charge in [-0.2, -0.15) is 0 Å². The molecule has 0 heterocycles. The van der Waals surface area contributed by atoms with Crippen LogP contribution < -0.4 is 14.8 Å². The minimum absolute atomic E-state index is 0.0311. The van der Waals surface area contributed by atoms with Crippen LogP contribution in [-0.4, -0.2) is 42.5 Å². The predicted octanol–water partition coefficient (Wildman–Crippen LogP) is 4.70. The number of rotatable bonds is 10. The minimum atomic E-state index is -0.654. The van der Waals surface area contributed by atoms with E-state index in [1.807, 2.05) is 62.4 Å². The Morgan fingerprint density at radius 1 is 1.06 bits per heavy atom. The first-order chi connectivity index (χ1) is 15.6.